The third kappa shape index (κ3) is 6.03. The van der Waals surface area contributed by atoms with E-state index in [9.17, 15) is 22.8 Å². The van der Waals surface area contributed by atoms with Gasteiger partial charge in [-0.1, -0.05) is 41.9 Å². The van der Waals surface area contributed by atoms with Crippen LogP contribution in [0.4, 0.5) is 23.8 Å². The molecule has 3 rings (SSSR count). The Morgan fingerprint density at radius 1 is 1.19 bits per heavy atom. The highest BCUT2D eigenvalue weighted by atomic mass is 35.5. The van der Waals surface area contributed by atoms with E-state index in [0.717, 1.165) is 17.8 Å². The molecule has 2 heterocycles. The van der Waals surface area contributed by atoms with E-state index in [4.69, 9.17) is 16.3 Å². The van der Waals surface area contributed by atoms with Gasteiger partial charge in [-0.05, 0) is 18.6 Å². The van der Waals surface area contributed by atoms with Crippen molar-refractivity contribution < 1.29 is 27.5 Å². The van der Waals surface area contributed by atoms with Crippen LogP contribution >= 0.6 is 11.6 Å². The third-order valence-electron chi connectivity index (χ3n) is 4.96. The molecule has 32 heavy (non-hydrogen) atoms. The Labute approximate surface area is 188 Å². The smallest absolute Gasteiger partial charge is 0.417 e. The Morgan fingerprint density at radius 2 is 1.84 bits per heavy atom. The molecule has 1 N–H and O–H groups in total. The topological polar surface area (TPSA) is 74.8 Å². The summed E-state index contributed by atoms with van der Waals surface area (Å²) < 4.78 is 43.5. The molecular formula is C21H22ClF3N4O3. The zero-order valence-electron chi connectivity index (χ0n) is 17.2. The summed E-state index contributed by atoms with van der Waals surface area (Å²) in [5.41, 5.74) is -0.0904. The molecular weight excluding hydrogens is 449 g/mol. The lowest BCUT2D eigenvalue weighted by molar-refractivity contribution is -0.138. The summed E-state index contributed by atoms with van der Waals surface area (Å²) in [4.78, 5) is 31.8. The number of benzene rings is 1. The SMILES string of the molecule is C[C@@H](NC(=O)OCc1ccccc1)C(=O)N1CCN(c2ncc(C(F)(F)F)cc2Cl)CC1. The number of alkyl halides is 3. The number of carbonyl (C=O) groups is 2. The number of amides is 2. The summed E-state index contributed by atoms with van der Waals surface area (Å²) in [5, 5.41) is 2.41. The quantitative estimate of drug-likeness (QED) is 0.721. The number of nitrogens with zero attached hydrogens (tertiary/aromatic N) is 3. The fourth-order valence-electron chi connectivity index (χ4n) is 3.23. The van der Waals surface area contributed by atoms with Crippen LogP contribution in [0.2, 0.25) is 5.02 Å². The maximum atomic E-state index is 12.8. The molecule has 11 heteroatoms. The van der Waals surface area contributed by atoms with Gasteiger partial charge < -0.3 is 19.9 Å². The molecule has 1 aromatic heterocycles. The van der Waals surface area contributed by atoms with Crippen LogP contribution in [0.15, 0.2) is 42.6 Å². The molecule has 1 atom stereocenters. The van der Waals surface area contributed by atoms with Gasteiger partial charge in [-0.3, -0.25) is 4.79 Å². The van der Waals surface area contributed by atoms with Gasteiger partial charge in [0.15, 0.2) is 0 Å². The zero-order valence-corrected chi connectivity index (χ0v) is 18.0. The summed E-state index contributed by atoms with van der Waals surface area (Å²) in [6.45, 7) is 2.95. The molecule has 0 saturated carbocycles. The average molecular weight is 471 g/mol. The van der Waals surface area contributed by atoms with Crippen LogP contribution in [0.3, 0.4) is 0 Å². The number of halogens is 4. The van der Waals surface area contributed by atoms with Gasteiger partial charge in [0.05, 0.1) is 10.6 Å². The van der Waals surface area contributed by atoms with Crippen LogP contribution in [0.5, 0.6) is 0 Å². The molecule has 172 valence electrons. The highest BCUT2D eigenvalue weighted by Gasteiger charge is 2.33. The van der Waals surface area contributed by atoms with Crippen molar-refractivity contribution in [2.24, 2.45) is 0 Å². The van der Waals surface area contributed by atoms with Crippen molar-refractivity contribution in [1.29, 1.82) is 0 Å². The zero-order chi connectivity index (χ0) is 23.3. The Balaban J connectivity index is 1.49. The van der Waals surface area contributed by atoms with Gasteiger partial charge >= 0.3 is 12.3 Å². The minimum atomic E-state index is -4.52. The second-order valence-corrected chi connectivity index (χ2v) is 7.67. The maximum absolute atomic E-state index is 12.8. The fourth-order valence-corrected chi connectivity index (χ4v) is 3.52. The van der Waals surface area contributed by atoms with Crippen molar-refractivity contribution in [2.75, 3.05) is 31.1 Å². The largest absolute Gasteiger partial charge is 0.445 e. The van der Waals surface area contributed by atoms with E-state index in [0.29, 0.717) is 26.2 Å². The predicted octanol–water partition coefficient (Wildman–Crippen LogP) is 3.72. The first-order chi connectivity index (χ1) is 15.1. The summed E-state index contributed by atoms with van der Waals surface area (Å²) in [6.07, 6.45) is -4.48. The van der Waals surface area contributed by atoms with Crippen LogP contribution in [0, 0.1) is 0 Å². The van der Waals surface area contributed by atoms with Gasteiger partial charge in [-0.25, -0.2) is 9.78 Å². The highest BCUT2D eigenvalue weighted by molar-refractivity contribution is 6.33. The van der Waals surface area contributed by atoms with Crippen molar-refractivity contribution in [3.8, 4) is 0 Å². The number of rotatable bonds is 5. The second-order valence-electron chi connectivity index (χ2n) is 7.27. The normalized spacial score (nSPS) is 15.3. The number of aromatic nitrogens is 1. The second kappa shape index (κ2) is 10.1. The molecule has 1 saturated heterocycles. The van der Waals surface area contributed by atoms with E-state index >= 15 is 0 Å². The number of hydrogen-bond donors (Lipinski definition) is 1. The molecule has 7 nitrogen and oxygen atoms in total. The number of ether oxygens (including phenoxy) is 1. The van der Waals surface area contributed by atoms with Gasteiger partial charge in [-0.15, -0.1) is 0 Å². The number of anilines is 1. The van der Waals surface area contributed by atoms with Crippen LogP contribution in [-0.4, -0.2) is 54.1 Å². The number of carbonyl (C=O) groups excluding carboxylic acids is 2. The molecule has 2 aromatic rings. The monoisotopic (exact) mass is 470 g/mol. The Kier molecular flexibility index (Phi) is 7.44. The van der Waals surface area contributed by atoms with Gasteiger partial charge in [-0.2, -0.15) is 13.2 Å². The molecule has 0 bridgehead atoms. The Morgan fingerprint density at radius 3 is 2.44 bits per heavy atom. The first-order valence-corrected chi connectivity index (χ1v) is 10.3. The van der Waals surface area contributed by atoms with Gasteiger partial charge in [0.25, 0.3) is 0 Å². The summed E-state index contributed by atoms with van der Waals surface area (Å²) in [7, 11) is 0. The average Bonchev–Trinajstić information content (AvgIpc) is 2.77. The lowest BCUT2D eigenvalue weighted by Gasteiger charge is -2.36. The summed E-state index contributed by atoms with van der Waals surface area (Å²) in [6, 6.07) is 9.20. The molecule has 1 aliphatic rings. The summed E-state index contributed by atoms with van der Waals surface area (Å²) in [5.74, 6) is -0.0461. The first kappa shape index (κ1) is 23.6. The number of nitrogens with one attached hydrogen (secondary N) is 1. The molecule has 1 aliphatic heterocycles. The van der Waals surface area contributed by atoms with E-state index in [-0.39, 0.29) is 23.4 Å². The van der Waals surface area contributed by atoms with E-state index in [1.165, 1.54) is 0 Å². The number of alkyl carbamates (subject to hydrolysis) is 1. The molecule has 0 aliphatic carbocycles. The minimum absolute atomic E-state index is 0.0904. The van der Waals surface area contributed by atoms with Gasteiger partial charge in [0.1, 0.15) is 18.5 Å². The molecule has 2 amide bonds. The lowest BCUT2D eigenvalue weighted by Crippen LogP contribution is -2.54. The molecule has 0 radical (unpaired) electrons. The minimum Gasteiger partial charge on any atom is -0.445 e. The molecule has 1 aromatic carbocycles. The standard InChI is InChI=1S/C21H22ClF3N4O3/c1-14(27-20(31)32-13-15-5-3-2-4-6-15)19(30)29-9-7-28(8-10-29)18-17(22)11-16(12-26-18)21(23,24)25/h2-6,11-12,14H,7-10,13H2,1H3,(H,27,31)/t14-/m1/s1. The molecule has 1 fully saturated rings. The predicted molar refractivity (Wildman–Crippen MR) is 112 cm³/mol. The van der Waals surface area contributed by atoms with Crippen molar-refractivity contribution in [3.63, 3.8) is 0 Å². The highest BCUT2D eigenvalue weighted by Crippen LogP contribution is 2.33. The molecule has 0 spiro atoms. The van der Waals surface area contributed by atoms with Crippen LogP contribution in [0.25, 0.3) is 0 Å². The maximum Gasteiger partial charge on any atom is 0.417 e. The third-order valence-corrected chi connectivity index (χ3v) is 5.24. The van der Waals surface area contributed by atoms with E-state index < -0.39 is 23.9 Å². The first-order valence-electron chi connectivity index (χ1n) is 9.89. The number of piperazine rings is 1. The van der Waals surface area contributed by atoms with E-state index in [1.807, 2.05) is 30.3 Å². The van der Waals surface area contributed by atoms with E-state index in [2.05, 4.69) is 10.3 Å². The number of pyridine rings is 1. The van der Waals surface area contributed by atoms with Crippen LogP contribution in [-0.2, 0) is 22.3 Å². The van der Waals surface area contributed by atoms with Crippen molar-refractivity contribution >= 4 is 29.4 Å². The van der Waals surface area contributed by atoms with Gasteiger partial charge in [0.2, 0.25) is 5.91 Å². The summed E-state index contributed by atoms with van der Waals surface area (Å²) >= 11 is 6.00. The molecule has 0 unspecified atom stereocenters. The van der Waals surface area contributed by atoms with Crippen LogP contribution in [0.1, 0.15) is 18.1 Å². The van der Waals surface area contributed by atoms with E-state index in [1.54, 1.807) is 16.7 Å². The lowest BCUT2D eigenvalue weighted by atomic mass is 10.2. The van der Waals surface area contributed by atoms with Crippen molar-refractivity contribution in [2.45, 2.75) is 25.7 Å². The Hall–Kier alpha value is -3.01. The van der Waals surface area contributed by atoms with Gasteiger partial charge in [0, 0.05) is 32.4 Å². The van der Waals surface area contributed by atoms with Crippen molar-refractivity contribution in [1.82, 2.24) is 15.2 Å². The van der Waals surface area contributed by atoms with Crippen molar-refractivity contribution in [3.05, 3.63) is 58.7 Å². The number of hydrogen-bond acceptors (Lipinski definition) is 5. The van der Waals surface area contributed by atoms with Crippen LogP contribution < -0.4 is 10.2 Å². The fraction of sp³-hybridized carbons (Fsp3) is 0.381. The Bertz CT molecular complexity index is 951.